The number of alkyl halides is 3. The van der Waals surface area contributed by atoms with Crippen LogP contribution in [0.3, 0.4) is 0 Å². The molecule has 0 radical (unpaired) electrons. The summed E-state index contributed by atoms with van der Waals surface area (Å²) in [5.74, 6) is -0.737. The molecule has 0 aliphatic rings. The number of carbonyl (C=O) groups is 1. The molecule has 3 nitrogen and oxygen atoms in total. The summed E-state index contributed by atoms with van der Waals surface area (Å²) in [5.41, 5.74) is -0.367. The van der Waals surface area contributed by atoms with E-state index in [2.05, 4.69) is 5.32 Å². The van der Waals surface area contributed by atoms with Gasteiger partial charge in [-0.05, 0) is 36.8 Å². The van der Waals surface area contributed by atoms with Gasteiger partial charge >= 0.3 is 6.18 Å². The van der Waals surface area contributed by atoms with Crippen LogP contribution in [-0.4, -0.2) is 11.0 Å². The van der Waals surface area contributed by atoms with E-state index < -0.39 is 23.7 Å². The predicted molar refractivity (Wildman–Crippen MR) is 75.4 cm³/mol. The van der Waals surface area contributed by atoms with Crippen molar-refractivity contribution in [2.24, 2.45) is 0 Å². The maximum atomic E-state index is 12.7. The molecule has 6 heteroatoms. The van der Waals surface area contributed by atoms with Crippen molar-refractivity contribution in [2.45, 2.75) is 19.1 Å². The summed E-state index contributed by atoms with van der Waals surface area (Å²) in [5, 5.41) is 12.2. The molecule has 1 atom stereocenters. The van der Waals surface area contributed by atoms with E-state index in [0.717, 1.165) is 12.1 Å². The van der Waals surface area contributed by atoms with Gasteiger partial charge in [-0.3, -0.25) is 4.79 Å². The number of hydrogen-bond acceptors (Lipinski definition) is 2. The summed E-state index contributed by atoms with van der Waals surface area (Å²) in [4.78, 5) is 12.0. The number of halogens is 3. The second kappa shape index (κ2) is 6.09. The van der Waals surface area contributed by atoms with Crippen molar-refractivity contribution in [2.75, 3.05) is 0 Å². The maximum absolute atomic E-state index is 12.7. The SMILES string of the molecule is CC(NC(=O)c1ccccc1O)c1cccc(C(F)(F)F)c1. The molecule has 0 saturated heterocycles. The topological polar surface area (TPSA) is 49.3 Å². The molecular formula is C16H14F3NO2. The second-order valence-corrected chi connectivity index (χ2v) is 4.84. The Balaban J connectivity index is 2.18. The Labute approximate surface area is 125 Å². The third-order valence-electron chi connectivity index (χ3n) is 3.21. The Kier molecular flexibility index (Phi) is 4.40. The minimum Gasteiger partial charge on any atom is -0.507 e. The Morgan fingerprint density at radius 2 is 1.82 bits per heavy atom. The summed E-state index contributed by atoms with van der Waals surface area (Å²) in [6, 6.07) is 10.1. The summed E-state index contributed by atoms with van der Waals surface area (Å²) in [7, 11) is 0. The van der Waals surface area contributed by atoms with Gasteiger partial charge in [0.1, 0.15) is 5.75 Å². The lowest BCUT2D eigenvalue weighted by molar-refractivity contribution is -0.137. The van der Waals surface area contributed by atoms with E-state index in [0.29, 0.717) is 5.56 Å². The summed E-state index contributed by atoms with van der Waals surface area (Å²) >= 11 is 0. The molecule has 0 spiro atoms. The molecule has 0 bridgehead atoms. The molecule has 0 aliphatic heterocycles. The molecule has 2 N–H and O–H groups in total. The van der Waals surface area contributed by atoms with Crippen LogP contribution in [0.2, 0.25) is 0 Å². The maximum Gasteiger partial charge on any atom is 0.416 e. The monoisotopic (exact) mass is 309 g/mol. The highest BCUT2D eigenvalue weighted by Crippen LogP contribution is 2.30. The van der Waals surface area contributed by atoms with Crippen molar-refractivity contribution >= 4 is 5.91 Å². The zero-order valence-corrected chi connectivity index (χ0v) is 11.7. The smallest absolute Gasteiger partial charge is 0.416 e. The normalized spacial score (nSPS) is 12.7. The molecular weight excluding hydrogens is 295 g/mol. The quantitative estimate of drug-likeness (QED) is 0.903. The number of phenols is 1. The summed E-state index contributed by atoms with van der Waals surface area (Å²) in [6.07, 6.45) is -4.43. The molecule has 0 aromatic heterocycles. The molecule has 2 aromatic carbocycles. The van der Waals surface area contributed by atoms with Crippen LogP contribution in [0.15, 0.2) is 48.5 Å². The third-order valence-corrected chi connectivity index (χ3v) is 3.21. The number of aromatic hydroxyl groups is 1. The molecule has 1 amide bonds. The van der Waals surface area contributed by atoms with Crippen LogP contribution in [0.5, 0.6) is 5.75 Å². The first kappa shape index (κ1) is 15.9. The molecule has 0 heterocycles. The first-order chi connectivity index (χ1) is 10.3. The molecule has 2 aromatic rings. The van der Waals surface area contributed by atoms with Crippen LogP contribution in [-0.2, 0) is 6.18 Å². The largest absolute Gasteiger partial charge is 0.507 e. The lowest BCUT2D eigenvalue weighted by atomic mass is 10.0. The highest BCUT2D eigenvalue weighted by Gasteiger charge is 2.30. The van der Waals surface area contributed by atoms with E-state index in [9.17, 15) is 23.1 Å². The van der Waals surface area contributed by atoms with Gasteiger partial charge in [0.2, 0.25) is 0 Å². The fourth-order valence-corrected chi connectivity index (χ4v) is 2.01. The average Bonchev–Trinajstić information content (AvgIpc) is 2.46. The Morgan fingerprint density at radius 3 is 2.45 bits per heavy atom. The van der Waals surface area contributed by atoms with E-state index in [1.54, 1.807) is 19.1 Å². The second-order valence-electron chi connectivity index (χ2n) is 4.84. The Morgan fingerprint density at radius 1 is 1.14 bits per heavy atom. The lowest BCUT2D eigenvalue weighted by Gasteiger charge is -2.16. The van der Waals surface area contributed by atoms with Gasteiger partial charge in [0.05, 0.1) is 17.2 Å². The van der Waals surface area contributed by atoms with Crippen LogP contribution < -0.4 is 5.32 Å². The van der Waals surface area contributed by atoms with Gasteiger partial charge in [0.25, 0.3) is 5.91 Å². The van der Waals surface area contributed by atoms with E-state index in [1.807, 2.05) is 0 Å². The van der Waals surface area contributed by atoms with Crippen molar-refractivity contribution in [1.82, 2.24) is 5.32 Å². The van der Waals surface area contributed by atoms with Crippen molar-refractivity contribution in [3.05, 3.63) is 65.2 Å². The van der Waals surface area contributed by atoms with Crippen LogP contribution in [0.25, 0.3) is 0 Å². The Bertz CT molecular complexity index is 683. The number of amides is 1. The molecule has 2 rings (SSSR count). The first-order valence-corrected chi connectivity index (χ1v) is 6.55. The van der Waals surface area contributed by atoms with Crippen molar-refractivity contribution in [3.63, 3.8) is 0 Å². The predicted octanol–water partition coefficient (Wildman–Crippen LogP) is 3.90. The van der Waals surface area contributed by atoms with Crippen LogP contribution in [0, 0.1) is 0 Å². The highest BCUT2D eigenvalue weighted by atomic mass is 19.4. The first-order valence-electron chi connectivity index (χ1n) is 6.55. The van der Waals surface area contributed by atoms with Gasteiger partial charge in [0, 0.05) is 0 Å². The number of nitrogens with one attached hydrogen (secondary N) is 1. The van der Waals surface area contributed by atoms with Gasteiger partial charge in [-0.15, -0.1) is 0 Å². The van der Waals surface area contributed by atoms with Gasteiger partial charge in [-0.2, -0.15) is 13.2 Å². The molecule has 0 fully saturated rings. The van der Waals surface area contributed by atoms with Crippen LogP contribution in [0.1, 0.15) is 34.5 Å². The number of rotatable bonds is 3. The number of hydrogen-bond donors (Lipinski definition) is 2. The van der Waals surface area contributed by atoms with Gasteiger partial charge < -0.3 is 10.4 Å². The van der Waals surface area contributed by atoms with Crippen LogP contribution in [0.4, 0.5) is 13.2 Å². The van der Waals surface area contributed by atoms with Crippen molar-refractivity contribution < 1.29 is 23.1 Å². The fourth-order valence-electron chi connectivity index (χ4n) is 2.01. The standard InChI is InChI=1S/C16H14F3NO2/c1-10(11-5-4-6-12(9-11)16(17,18)19)20-15(22)13-7-2-3-8-14(13)21/h2-10,21H,1H3,(H,20,22). The minimum absolute atomic E-state index is 0.0707. The van der Waals surface area contributed by atoms with Gasteiger partial charge in [-0.25, -0.2) is 0 Å². The van der Waals surface area contributed by atoms with E-state index in [4.69, 9.17) is 0 Å². The van der Waals surface area contributed by atoms with E-state index in [1.165, 1.54) is 24.3 Å². The van der Waals surface area contributed by atoms with Gasteiger partial charge in [0.15, 0.2) is 0 Å². The average molecular weight is 309 g/mol. The Hall–Kier alpha value is -2.50. The van der Waals surface area contributed by atoms with Crippen molar-refractivity contribution in [3.8, 4) is 5.75 Å². The van der Waals surface area contributed by atoms with Crippen LogP contribution >= 0.6 is 0 Å². The lowest BCUT2D eigenvalue weighted by Crippen LogP contribution is -2.26. The fraction of sp³-hybridized carbons (Fsp3) is 0.188. The van der Waals surface area contributed by atoms with E-state index >= 15 is 0 Å². The third kappa shape index (κ3) is 3.58. The van der Waals surface area contributed by atoms with Crippen molar-refractivity contribution in [1.29, 1.82) is 0 Å². The zero-order chi connectivity index (χ0) is 16.3. The number of carbonyl (C=O) groups excluding carboxylic acids is 1. The van der Waals surface area contributed by atoms with Gasteiger partial charge in [-0.1, -0.05) is 24.3 Å². The summed E-state index contributed by atoms with van der Waals surface area (Å²) < 4.78 is 38.1. The highest BCUT2D eigenvalue weighted by molar-refractivity contribution is 5.96. The molecule has 1 unspecified atom stereocenters. The zero-order valence-electron chi connectivity index (χ0n) is 11.7. The number of para-hydroxylation sites is 1. The molecule has 22 heavy (non-hydrogen) atoms. The summed E-state index contributed by atoms with van der Waals surface area (Å²) in [6.45, 7) is 1.58. The number of phenolic OH excluding ortho intramolecular Hbond substituents is 1. The molecule has 0 saturated carbocycles. The molecule has 116 valence electrons. The minimum atomic E-state index is -4.43. The molecule has 0 aliphatic carbocycles. The number of benzene rings is 2. The van der Waals surface area contributed by atoms with E-state index in [-0.39, 0.29) is 11.3 Å².